The number of nitrogen functional groups attached to an aromatic ring is 1. The highest BCUT2D eigenvalue weighted by Crippen LogP contribution is 2.15. The van der Waals surface area contributed by atoms with Crippen LogP contribution in [0.5, 0.6) is 0 Å². The van der Waals surface area contributed by atoms with Gasteiger partial charge >= 0.3 is 0 Å². The van der Waals surface area contributed by atoms with E-state index in [-0.39, 0.29) is 6.54 Å². The van der Waals surface area contributed by atoms with Crippen LogP contribution in [0, 0.1) is 6.92 Å². The van der Waals surface area contributed by atoms with Crippen LogP contribution in [0.25, 0.3) is 0 Å². The molecule has 0 aromatic heterocycles. The molecular formula is C9H15N3O2S. The Morgan fingerprint density at radius 1 is 1.40 bits per heavy atom. The molecule has 84 valence electrons. The standard InChI is InChI=1S/C9H15N3O2S/c1-7-8(4-3-5-9(7)10)6-12-15(13,14)11-2/h3-5,11-12H,6,10H2,1-2H3. The minimum absolute atomic E-state index is 0.236. The van der Waals surface area contributed by atoms with E-state index in [0.29, 0.717) is 5.69 Å². The van der Waals surface area contributed by atoms with Crippen molar-refractivity contribution in [3.63, 3.8) is 0 Å². The van der Waals surface area contributed by atoms with Gasteiger partial charge in [-0.1, -0.05) is 12.1 Å². The Labute approximate surface area is 89.9 Å². The Kier molecular flexibility index (Phi) is 3.67. The molecule has 0 bridgehead atoms. The van der Waals surface area contributed by atoms with Crippen LogP contribution in [0.3, 0.4) is 0 Å². The minimum atomic E-state index is -3.39. The molecule has 0 aliphatic carbocycles. The second kappa shape index (κ2) is 4.61. The molecule has 0 spiro atoms. The van der Waals surface area contributed by atoms with Crippen molar-refractivity contribution in [3.05, 3.63) is 29.3 Å². The van der Waals surface area contributed by atoms with Crippen molar-refractivity contribution in [1.82, 2.24) is 9.44 Å². The molecule has 0 amide bonds. The molecule has 15 heavy (non-hydrogen) atoms. The van der Waals surface area contributed by atoms with E-state index in [0.717, 1.165) is 11.1 Å². The molecule has 1 aromatic rings. The fraction of sp³-hybridized carbons (Fsp3) is 0.333. The highest BCUT2D eigenvalue weighted by molar-refractivity contribution is 7.87. The molecule has 0 atom stereocenters. The minimum Gasteiger partial charge on any atom is -0.399 e. The highest BCUT2D eigenvalue weighted by atomic mass is 32.2. The van der Waals surface area contributed by atoms with E-state index < -0.39 is 10.2 Å². The summed E-state index contributed by atoms with van der Waals surface area (Å²) in [6, 6.07) is 5.42. The maximum absolute atomic E-state index is 11.1. The summed E-state index contributed by atoms with van der Waals surface area (Å²) in [6.45, 7) is 2.10. The van der Waals surface area contributed by atoms with Gasteiger partial charge in [-0.05, 0) is 24.1 Å². The number of nitrogens with two attached hydrogens (primary N) is 1. The largest absolute Gasteiger partial charge is 0.399 e. The van der Waals surface area contributed by atoms with E-state index in [1.165, 1.54) is 7.05 Å². The van der Waals surface area contributed by atoms with Crippen molar-refractivity contribution < 1.29 is 8.42 Å². The molecule has 5 nitrogen and oxygen atoms in total. The predicted octanol–water partition coefficient (Wildman–Crippen LogP) is 0.131. The first-order valence-corrected chi connectivity index (χ1v) is 5.96. The molecule has 0 aliphatic heterocycles. The quantitative estimate of drug-likeness (QED) is 0.642. The van der Waals surface area contributed by atoms with Crippen molar-refractivity contribution >= 4 is 15.9 Å². The lowest BCUT2D eigenvalue weighted by Crippen LogP contribution is -2.33. The van der Waals surface area contributed by atoms with Crippen LogP contribution in [-0.4, -0.2) is 15.5 Å². The fourth-order valence-corrected chi connectivity index (χ4v) is 1.63. The summed E-state index contributed by atoms with van der Waals surface area (Å²) in [7, 11) is -2.03. The van der Waals surface area contributed by atoms with Gasteiger partial charge in [-0.2, -0.15) is 13.1 Å². The van der Waals surface area contributed by atoms with Gasteiger partial charge in [-0.25, -0.2) is 4.72 Å². The van der Waals surface area contributed by atoms with Crippen molar-refractivity contribution in [2.24, 2.45) is 0 Å². The van der Waals surface area contributed by atoms with Crippen molar-refractivity contribution in [2.45, 2.75) is 13.5 Å². The molecule has 0 radical (unpaired) electrons. The van der Waals surface area contributed by atoms with Crippen LogP contribution in [0.2, 0.25) is 0 Å². The van der Waals surface area contributed by atoms with Gasteiger partial charge in [-0.3, -0.25) is 0 Å². The van der Waals surface area contributed by atoms with Gasteiger partial charge in [-0.15, -0.1) is 0 Å². The summed E-state index contributed by atoms with van der Waals surface area (Å²) in [5, 5.41) is 0. The molecule has 4 N–H and O–H groups in total. The second-order valence-corrected chi connectivity index (χ2v) is 4.86. The van der Waals surface area contributed by atoms with Gasteiger partial charge < -0.3 is 5.73 Å². The lowest BCUT2D eigenvalue weighted by molar-refractivity contribution is 0.573. The first-order chi connectivity index (χ1) is 6.96. The zero-order valence-electron chi connectivity index (χ0n) is 8.74. The summed E-state index contributed by atoms with van der Waals surface area (Å²) >= 11 is 0. The monoisotopic (exact) mass is 229 g/mol. The van der Waals surface area contributed by atoms with Gasteiger partial charge in [0.05, 0.1) is 0 Å². The van der Waals surface area contributed by atoms with Crippen LogP contribution in [0.15, 0.2) is 18.2 Å². The third-order valence-electron chi connectivity index (χ3n) is 2.21. The summed E-state index contributed by atoms with van der Waals surface area (Å²) in [4.78, 5) is 0. The summed E-state index contributed by atoms with van der Waals surface area (Å²) in [5.74, 6) is 0. The van der Waals surface area contributed by atoms with Gasteiger partial charge in [0.25, 0.3) is 10.2 Å². The van der Waals surface area contributed by atoms with Crippen LogP contribution in [-0.2, 0) is 16.8 Å². The highest BCUT2D eigenvalue weighted by Gasteiger charge is 2.07. The zero-order chi connectivity index (χ0) is 11.5. The normalized spacial score (nSPS) is 11.6. The van der Waals surface area contributed by atoms with E-state index in [2.05, 4.69) is 9.44 Å². The number of rotatable bonds is 4. The van der Waals surface area contributed by atoms with Gasteiger partial charge in [0.1, 0.15) is 0 Å². The molecule has 6 heteroatoms. The second-order valence-electron chi connectivity index (χ2n) is 3.16. The molecule has 0 fully saturated rings. The average molecular weight is 229 g/mol. The first kappa shape index (κ1) is 12.0. The third kappa shape index (κ3) is 3.19. The molecule has 1 aromatic carbocycles. The van der Waals surface area contributed by atoms with Gasteiger partial charge in [0.15, 0.2) is 0 Å². The summed E-state index contributed by atoms with van der Waals surface area (Å²) in [6.07, 6.45) is 0. The smallest absolute Gasteiger partial charge is 0.276 e. The number of benzene rings is 1. The van der Waals surface area contributed by atoms with E-state index >= 15 is 0 Å². The molecule has 1 rings (SSSR count). The number of hydrogen-bond acceptors (Lipinski definition) is 3. The predicted molar refractivity (Wildman–Crippen MR) is 60.4 cm³/mol. The number of hydrogen-bond donors (Lipinski definition) is 3. The molecular weight excluding hydrogens is 214 g/mol. The molecule has 0 saturated carbocycles. The zero-order valence-corrected chi connectivity index (χ0v) is 9.56. The van der Waals surface area contributed by atoms with Gasteiger partial charge in [0.2, 0.25) is 0 Å². The van der Waals surface area contributed by atoms with E-state index in [9.17, 15) is 8.42 Å². The van der Waals surface area contributed by atoms with Crippen molar-refractivity contribution in [3.8, 4) is 0 Å². The third-order valence-corrected chi connectivity index (χ3v) is 3.27. The van der Waals surface area contributed by atoms with E-state index in [4.69, 9.17) is 5.73 Å². The van der Waals surface area contributed by atoms with E-state index in [1.54, 1.807) is 12.1 Å². The lowest BCUT2D eigenvalue weighted by Gasteiger charge is -2.09. The Hall–Kier alpha value is -1.11. The van der Waals surface area contributed by atoms with Crippen LogP contribution in [0.1, 0.15) is 11.1 Å². The Morgan fingerprint density at radius 2 is 2.07 bits per heavy atom. The van der Waals surface area contributed by atoms with Crippen molar-refractivity contribution in [2.75, 3.05) is 12.8 Å². The van der Waals surface area contributed by atoms with E-state index in [1.807, 2.05) is 13.0 Å². The average Bonchev–Trinajstić information content (AvgIpc) is 2.20. The molecule has 0 aliphatic rings. The van der Waals surface area contributed by atoms with Crippen LogP contribution < -0.4 is 15.2 Å². The first-order valence-electron chi connectivity index (χ1n) is 4.48. The Balaban J connectivity index is 2.79. The number of nitrogens with one attached hydrogen (secondary N) is 2. The summed E-state index contributed by atoms with van der Waals surface area (Å²) < 4.78 is 26.8. The maximum atomic E-state index is 11.1. The molecule has 0 unspecified atom stereocenters. The number of anilines is 1. The maximum Gasteiger partial charge on any atom is 0.276 e. The van der Waals surface area contributed by atoms with Gasteiger partial charge in [0, 0.05) is 19.3 Å². The SMILES string of the molecule is CNS(=O)(=O)NCc1cccc(N)c1C. The Morgan fingerprint density at radius 3 is 2.67 bits per heavy atom. The lowest BCUT2D eigenvalue weighted by atomic mass is 10.1. The topological polar surface area (TPSA) is 84.2 Å². The molecule has 0 saturated heterocycles. The van der Waals surface area contributed by atoms with Crippen molar-refractivity contribution in [1.29, 1.82) is 0 Å². The molecule has 0 heterocycles. The van der Waals surface area contributed by atoms with Crippen LogP contribution >= 0.6 is 0 Å². The van der Waals surface area contributed by atoms with Crippen LogP contribution in [0.4, 0.5) is 5.69 Å². The Bertz CT molecular complexity index is 443. The fourth-order valence-electron chi connectivity index (χ4n) is 1.14. The summed E-state index contributed by atoms with van der Waals surface area (Å²) in [5.41, 5.74) is 8.13.